The minimum atomic E-state index is -0.882. The summed E-state index contributed by atoms with van der Waals surface area (Å²) in [6.45, 7) is 1.35. The zero-order valence-electron chi connectivity index (χ0n) is 14.6. The van der Waals surface area contributed by atoms with E-state index < -0.39 is 5.54 Å². The number of hydrogen-bond acceptors (Lipinski definition) is 3. The summed E-state index contributed by atoms with van der Waals surface area (Å²) in [7, 11) is 1.60. The number of benzene rings is 1. The van der Waals surface area contributed by atoms with Gasteiger partial charge in [0.15, 0.2) is 0 Å². The molecule has 1 saturated carbocycles. The van der Waals surface area contributed by atoms with Gasteiger partial charge in [-0.3, -0.25) is 14.4 Å². The van der Waals surface area contributed by atoms with E-state index in [0.717, 1.165) is 23.7 Å². The molecule has 136 valence electrons. The van der Waals surface area contributed by atoms with Gasteiger partial charge in [0.05, 0.1) is 12.2 Å². The standard InChI is InChI=1S/C18H24BrN3O3/c1-13(23)21-18(10-6-3-7-11-18)17(25)22(2)12-16(24)20-15-9-5-4-8-14(15)19/h4-5,8-9H,3,6-7,10-12H2,1-2H3,(H,20,24)(H,21,23). The van der Waals surface area contributed by atoms with Crippen molar-refractivity contribution in [2.45, 2.75) is 44.6 Å². The number of likely N-dealkylation sites (N-methyl/N-ethyl adjacent to an activating group) is 1. The quantitative estimate of drug-likeness (QED) is 0.784. The Kier molecular flexibility index (Phi) is 6.58. The van der Waals surface area contributed by atoms with E-state index in [9.17, 15) is 14.4 Å². The zero-order chi connectivity index (χ0) is 18.4. The molecule has 0 atom stereocenters. The van der Waals surface area contributed by atoms with Gasteiger partial charge in [0, 0.05) is 18.4 Å². The number of nitrogens with one attached hydrogen (secondary N) is 2. The van der Waals surface area contributed by atoms with Crippen LogP contribution in [0.3, 0.4) is 0 Å². The Balaban J connectivity index is 2.03. The van der Waals surface area contributed by atoms with Crippen LogP contribution in [0.15, 0.2) is 28.7 Å². The lowest BCUT2D eigenvalue weighted by molar-refractivity contribution is -0.143. The Hall–Kier alpha value is -1.89. The Bertz CT molecular complexity index is 657. The van der Waals surface area contributed by atoms with Crippen LogP contribution in [0, 0.1) is 0 Å². The van der Waals surface area contributed by atoms with Crippen LogP contribution in [0.1, 0.15) is 39.0 Å². The van der Waals surface area contributed by atoms with Crippen LogP contribution >= 0.6 is 15.9 Å². The largest absolute Gasteiger partial charge is 0.342 e. The van der Waals surface area contributed by atoms with Crippen LogP contribution in [0.4, 0.5) is 5.69 Å². The summed E-state index contributed by atoms with van der Waals surface area (Å²) in [5, 5.41) is 5.62. The molecule has 0 radical (unpaired) electrons. The molecule has 0 spiro atoms. The smallest absolute Gasteiger partial charge is 0.248 e. The Morgan fingerprint density at radius 3 is 2.40 bits per heavy atom. The summed E-state index contributed by atoms with van der Waals surface area (Å²) in [6.07, 6.45) is 4.07. The Morgan fingerprint density at radius 1 is 1.16 bits per heavy atom. The van der Waals surface area contributed by atoms with Gasteiger partial charge in [-0.15, -0.1) is 0 Å². The number of halogens is 1. The van der Waals surface area contributed by atoms with Crippen molar-refractivity contribution < 1.29 is 14.4 Å². The summed E-state index contributed by atoms with van der Waals surface area (Å²) >= 11 is 3.38. The molecule has 1 aliphatic carbocycles. The van der Waals surface area contributed by atoms with Crippen LogP contribution in [-0.4, -0.2) is 41.8 Å². The van der Waals surface area contributed by atoms with Crippen molar-refractivity contribution in [3.8, 4) is 0 Å². The topological polar surface area (TPSA) is 78.5 Å². The molecule has 2 rings (SSSR count). The minimum Gasteiger partial charge on any atom is -0.342 e. The van der Waals surface area contributed by atoms with Crippen LogP contribution in [0.25, 0.3) is 0 Å². The average Bonchev–Trinajstić information content (AvgIpc) is 2.56. The van der Waals surface area contributed by atoms with Crippen molar-refractivity contribution in [2.75, 3.05) is 18.9 Å². The molecular formula is C18H24BrN3O3. The molecule has 25 heavy (non-hydrogen) atoms. The molecule has 1 aliphatic rings. The average molecular weight is 410 g/mol. The highest BCUT2D eigenvalue weighted by Crippen LogP contribution is 2.30. The van der Waals surface area contributed by atoms with Gasteiger partial charge in [0.25, 0.3) is 0 Å². The molecule has 0 unspecified atom stereocenters. The highest BCUT2D eigenvalue weighted by Gasteiger charge is 2.42. The maximum Gasteiger partial charge on any atom is 0.248 e. The van der Waals surface area contributed by atoms with E-state index in [1.165, 1.54) is 11.8 Å². The van der Waals surface area contributed by atoms with E-state index in [0.29, 0.717) is 18.5 Å². The molecule has 0 heterocycles. The SMILES string of the molecule is CC(=O)NC1(C(=O)N(C)CC(=O)Nc2ccccc2Br)CCCCC1. The third-order valence-corrected chi connectivity index (χ3v) is 5.10. The van der Waals surface area contributed by atoms with Crippen LogP contribution in [-0.2, 0) is 14.4 Å². The zero-order valence-corrected chi connectivity index (χ0v) is 16.2. The number of carbonyl (C=O) groups excluding carboxylic acids is 3. The fourth-order valence-corrected chi connectivity index (χ4v) is 3.67. The summed E-state index contributed by atoms with van der Waals surface area (Å²) in [6, 6.07) is 7.29. The third-order valence-electron chi connectivity index (χ3n) is 4.41. The van der Waals surface area contributed by atoms with Crippen molar-refractivity contribution in [3.05, 3.63) is 28.7 Å². The Labute approximate surface area is 156 Å². The predicted octanol–water partition coefficient (Wildman–Crippen LogP) is 2.69. The molecule has 1 aromatic rings. The second-order valence-corrected chi connectivity index (χ2v) is 7.37. The minimum absolute atomic E-state index is 0.0680. The van der Waals surface area contributed by atoms with Crippen molar-refractivity contribution in [3.63, 3.8) is 0 Å². The maximum atomic E-state index is 12.9. The highest BCUT2D eigenvalue weighted by atomic mass is 79.9. The van der Waals surface area contributed by atoms with E-state index in [2.05, 4.69) is 26.6 Å². The van der Waals surface area contributed by atoms with Crippen molar-refractivity contribution in [1.29, 1.82) is 0 Å². The number of anilines is 1. The number of carbonyl (C=O) groups is 3. The lowest BCUT2D eigenvalue weighted by Gasteiger charge is -2.38. The fourth-order valence-electron chi connectivity index (χ4n) is 3.29. The molecule has 2 N–H and O–H groups in total. The first-order chi connectivity index (χ1) is 11.8. The van der Waals surface area contributed by atoms with Gasteiger partial charge < -0.3 is 15.5 Å². The summed E-state index contributed by atoms with van der Waals surface area (Å²) in [4.78, 5) is 38.2. The molecule has 1 aromatic carbocycles. The van der Waals surface area contributed by atoms with E-state index in [4.69, 9.17) is 0 Å². The summed E-state index contributed by atoms with van der Waals surface area (Å²) in [5.41, 5.74) is -0.227. The van der Waals surface area contributed by atoms with E-state index in [1.807, 2.05) is 18.2 Å². The van der Waals surface area contributed by atoms with E-state index >= 15 is 0 Å². The molecular weight excluding hydrogens is 386 g/mol. The van der Waals surface area contributed by atoms with Crippen LogP contribution < -0.4 is 10.6 Å². The first kappa shape index (κ1) is 19.4. The maximum absolute atomic E-state index is 12.9. The lowest BCUT2D eigenvalue weighted by Crippen LogP contribution is -2.60. The molecule has 0 bridgehead atoms. The predicted molar refractivity (Wildman–Crippen MR) is 100 cm³/mol. The molecule has 0 aromatic heterocycles. The summed E-state index contributed by atoms with van der Waals surface area (Å²) < 4.78 is 0.777. The van der Waals surface area contributed by atoms with Crippen LogP contribution in [0.2, 0.25) is 0 Å². The Morgan fingerprint density at radius 2 is 1.80 bits per heavy atom. The van der Waals surface area contributed by atoms with Gasteiger partial charge in [-0.25, -0.2) is 0 Å². The van der Waals surface area contributed by atoms with Gasteiger partial charge in [0.2, 0.25) is 17.7 Å². The van der Waals surface area contributed by atoms with Gasteiger partial charge in [-0.05, 0) is 40.9 Å². The van der Waals surface area contributed by atoms with Crippen molar-refractivity contribution in [1.82, 2.24) is 10.2 Å². The number of amides is 3. The normalized spacial score (nSPS) is 16.0. The van der Waals surface area contributed by atoms with Crippen molar-refractivity contribution >= 4 is 39.3 Å². The van der Waals surface area contributed by atoms with Gasteiger partial charge in [-0.1, -0.05) is 31.4 Å². The second kappa shape index (κ2) is 8.47. The molecule has 1 fully saturated rings. The first-order valence-corrected chi connectivity index (χ1v) is 9.22. The molecule has 3 amide bonds. The van der Waals surface area contributed by atoms with Gasteiger partial charge in [0.1, 0.15) is 5.54 Å². The van der Waals surface area contributed by atoms with Gasteiger partial charge >= 0.3 is 0 Å². The first-order valence-electron chi connectivity index (χ1n) is 8.43. The number of rotatable bonds is 5. The molecule has 0 saturated heterocycles. The lowest BCUT2D eigenvalue weighted by atomic mass is 9.80. The molecule has 7 heteroatoms. The van der Waals surface area contributed by atoms with E-state index in [1.54, 1.807) is 13.1 Å². The second-order valence-electron chi connectivity index (χ2n) is 6.51. The van der Waals surface area contributed by atoms with Crippen LogP contribution in [0.5, 0.6) is 0 Å². The summed E-state index contributed by atoms with van der Waals surface area (Å²) in [5.74, 6) is -0.706. The number of para-hydroxylation sites is 1. The molecule has 6 nitrogen and oxygen atoms in total. The molecule has 0 aliphatic heterocycles. The number of nitrogens with zero attached hydrogens (tertiary/aromatic N) is 1. The van der Waals surface area contributed by atoms with E-state index in [-0.39, 0.29) is 24.3 Å². The third kappa shape index (κ3) is 5.04. The number of hydrogen-bond donors (Lipinski definition) is 2. The highest BCUT2D eigenvalue weighted by molar-refractivity contribution is 9.10. The fraction of sp³-hybridized carbons (Fsp3) is 0.500. The van der Waals surface area contributed by atoms with Gasteiger partial charge in [-0.2, -0.15) is 0 Å². The monoisotopic (exact) mass is 409 g/mol. The van der Waals surface area contributed by atoms with Crippen molar-refractivity contribution in [2.24, 2.45) is 0 Å².